The molecule has 3 aromatic rings. The maximum atomic E-state index is 12.8. The third-order valence-electron chi connectivity index (χ3n) is 4.06. The molecule has 0 saturated heterocycles. The van der Waals surface area contributed by atoms with Crippen molar-refractivity contribution >= 4 is 43.4 Å². The van der Waals surface area contributed by atoms with Crippen LogP contribution in [0.3, 0.4) is 0 Å². The predicted octanol–water partition coefficient (Wildman–Crippen LogP) is 4.09. The van der Waals surface area contributed by atoms with Gasteiger partial charge in [-0.1, -0.05) is 15.9 Å². The fourth-order valence-corrected chi connectivity index (χ4v) is 4.02. The monoisotopic (exact) mass is 520 g/mol. The molecule has 0 fully saturated rings. The van der Waals surface area contributed by atoms with Crippen LogP contribution in [0.4, 0.5) is 11.5 Å². The number of benzene rings is 2. The molecule has 0 aliphatic heterocycles. The van der Waals surface area contributed by atoms with Crippen LogP contribution in [-0.2, 0) is 10.0 Å². The Bertz CT molecular complexity index is 1220. The van der Waals surface area contributed by atoms with E-state index in [-0.39, 0.29) is 28.6 Å². The van der Waals surface area contributed by atoms with Crippen molar-refractivity contribution < 1.29 is 22.7 Å². The summed E-state index contributed by atoms with van der Waals surface area (Å²) in [6, 6.07) is 12.3. The van der Waals surface area contributed by atoms with Crippen LogP contribution < -0.4 is 19.5 Å². The minimum atomic E-state index is -3.90. The number of anilines is 2. The molecule has 0 spiro atoms. The lowest BCUT2D eigenvalue weighted by molar-refractivity contribution is 0.102. The molecule has 0 aliphatic carbocycles. The fourth-order valence-electron chi connectivity index (χ4n) is 2.66. The maximum absolute atomic E-state index is 12.8. The van der Waals surface area contributed by atoms with Gasteiger partial charge in [-0.25, -0.2) is 18.4 Å². The van der Waals surface area contributed by atoms with Gasteiger partial charge in [0.15, 0.2) is 0 Å². The normalized spacial score (nSPS) is 11.2. The number of nitrogens with one attached hydrogen (secondary N) is 2. The smallest absolute Gasteiger partial charge is 0.263 e. The number of nitrogens with zero attached hydrogens (tertiary/aromatic N) is 2. The largest absolute Gasteiger partial charge is 0.490 e. The molecule has 168 valence electrons. The zero-order valence-corrected chi connectivity index (χ0v) is 19.9. The molecular weight excluding hydrogens is 500 g/mol. The van der Waals surface area contributed by atoms with E-state index >= 15 is 0 Å². The number of hydrogen-bond acceptors (Lipinski definition) is 7. The first kappa shape index (κ1) is 23.5. The number of carbonyl (C=O) groups is 1. The number of halogens is 1. The van der Waals surface area contributed by atoms with Crippen molar-refractivity contribution in [1.82, 2.24) is 9.97 Å². The fraction of sp³-hybridized carbons (Fsp3) is 0.190. The lowest BCUT2D eigenvalue weighted by Gasteiger charge is -2.15. The summed E-state index contributed by atoms with van der Waals surface area (Å²) in [6.07, 6.45) is 1.09. The molecule has 0 bridgehead atoms. The van der Waals surface area contributed by atoms with Crippen molar-refractivity contribution in [3.05, 3.63) is 64.9 Å². The summed E-state index contributed by atoms with van der Waals surface area (Å²) in [5, 5.41) is 2.75. The van der Waals surface area contributed by atoms with Gasteiger partial charge in [0, 0.05) is 16.2 Å². The van der Waals surface area contributed by atoms with Gasteiger partial charge in [-0.15, -0.1) is 0 Å². The molecule has 11 heteroatoms. The molecule has 3 rings (SSSR count). The molecule has 0 unspecified atom stereocenters. The summed E-state index contributed by atoms with van der Waals surface area (Å²) in [6.45, 7) is 3.74. The maximum Gasteiger partial charge on any atom is 0.263 e. The zero-order chi connectivity index (χ0) is 23.3. The van der Waals surface area contributed by atoms with Gasteiger partial charge in [0.1, 0.15) is 17.9 Å². The Balaban J connectivity index is 1.76. The topological polar surface area (TPSA) is 120 Å². The number of amides is 1. The molecule has 0 saturated carbocycles. The number of aromatic nitrogens is 2. The van der Waals surface area contributed by atoms with E-state index in [1.807, 2.05) is 13.8 Å². The van der Waals surface area contributed by atoms with Crippen LogP contribution in [0.15, 0.2) is 64.2 Å². The van der Waals surface area contributed by atoms with Crippen molar-refractivity contribution in [3.63, 3.8) is 0 Å². The average Bonchev–Trinajstić information content (AvgIpc) is 2.75. The van der Waals surface area contributed by atoms with Crippen LogP contribution >= 0.6 is 15.9 Å². The number of methoxy groups -OCH3 is 1. The van der Waals surface area contributed by atoms with Gasteiger partial charge in [-0.3, -0.25) is 9.52 Å². The standard InChI is InChI=1S/C21H21BrN4O5S/c1-13(2)31-18-9-4-14(22)10-17(18)21(27)25-15-5-7-16(8-6-15)32(28,29)26-19-11-20(30-3)24-12-23-19/h4-13H,1-3H3,(H,25,27)(H,23,24,26). The quantitative estimate of drug-likeness (QED) is 0.458. The van der Waals surface area contributed by atoms with E-state index in [1.54, 1.807) is 18.2 Å². The third-order valence-corrected chi connectivity index (χ3v) is 5.93. The van der Waals surface area contributed by atoms with Gasteiger partial charge >= 0.3 is 0 Å². The van der Waals surface area contributed by atoms with E-state index < -0.39 is 10.0 Å². The number of carbonyl (C=O) groups excluding carboxylic acids is 1. The lowest BCUT2D eigenvalue weighted by atomic mass is 10.1. The Morgan fingerprint density at radius 2 is 1.78 bits per heavy atom. The first-order valence-corrected chi connectivity index (χ1v) is 11.7. The van der Waals surface area contributed by atoms with Gasteiger partial charge in [0.05, 0.1) is 23.7 Å². The van der Waals surface area contributed by atoms with Gasteiger partial charge in [-0.2, -0.15) is 0 Å². The first-order valence-electron chi connectivity index (χ1n) is 9.44. The van der Waals surface area contributed by atoms with E-state index in [4.69, 9.17) is 9.47 Å². The highest BCUT2D eigenvalue weighted by atomic mass is 79.9. The summed E-state index contributed by atoms with van der Waals surface area (Å²) in [7, 11) is -2.48. The SMILES string of the molecule is COc1cc(NS(=O)(=O)c2ccc(NC(=O)c3cc(Br)ccc3OC(C)C)cc2)ncn1. The molecule has 1 aromatic heterocycles. The van der Waals surface area contributed by atoms with E-state index in [2.05, 4.69) is 35.9 Å². The second-order valence-electron chi connectivity index (χ2n) is 6.84. The predicted molar refractivity (Wildman–Crippen MR) is 124 cm³/mol. The Morgan fingerprint density at radius 3 is 2.44 bits per heavy atom. The van der Waals surface area contributed by atoms with Gasteiger partial charge in [0.25, 0.3) is 15.9 Å². The lowest BCUT2D eigenvalue weighted by Crippen LogP contribution is -2.16. The molecular formula is C21H21BrN4O5S. The van der Waals surface area contributed by atoms with Crippen LogP contribution in [0.5, 0.6) is 11.6 Å². The minimum Gasteiger partial charge on any atom is -0.490 e. The minimum absolute atomic E-state index is 0.000589. The molecule has 32 heavy (non-hydrogen) atoms. The summed E-state index contributed by atoms with van der Waals surface area (Å²) in [4.78, 5) is 20.5. The van der Waals surface area contributed by atoms with Crippen molar-refractivity contribution in [1.29, 1.82) is 0 Å². The van der Waals surface area contributed by atoms with Crippen LogP contribution in [0.2, 0.25) is 0 Å². The molecule has 0 aliphatic rings. The van der Waals surface area contributed by atoms with Gasteiger partial charge < -0.3 is 14.8 Å². The van der Waals surface area contributed by atoms with Crippen LogP contribution in [0.25, 0.3) is 0 Å². The molecule has 1 heterocycles. The van der Waals surface area contributed by atoms with Crippen molar-refractivity contribution in [3.8, 4) is 11.6 Å². The Hall–Kier alpha value is -3.18. The highest BCUT2D eigenvalue weighted by molar-refractivity contribution is 9.10. The number of rotatable bonds is 8. The number of hydrogen-bond donors (Lipinski definition) is 2. The molecule has 2 aromatic carbocycles. The van der Waals surface area contributed by atoms with Crippen LogP contribution in [0.1, 0.15) is 24.2 Å². The molecule has 9 nitrogen and oxygen atoms in total. The summed E-state index contributed by atoms with van der Waals surface area (Å²) < 4.78 is 39.0. The average molecular weight is 521 g/mol. The number of ether oxygens (including phenoxy) is 2. The van der Waals surface area contributed by atoms with E-state index in [0.717, 1.165) is 4.47 Å². The zero-order valence-electron chi connectivity index (χ0n) is 17.5. The Morgan fingerprint density at radius 1 is 1.06 bits per heavy atom. The second-order valence-corrected chi connectivity index (χ2v) is 9.43. The second kappa shape index (κ2) is 9.96. The molecule has 0 radical (unpaired) electrons. The molecule has 1 amide bonds. The van der Waals surface area contributed by atoms with Crippen molar-refractivity contribution in [2.45, 2.75) is 24.8 Å². The van der Waals surface area contributed by atoms with Crippen molar-refractivity contribution in [2.24, 2.45) is 0 Å². The van der Waals surface area contributed by atoms with Crippen molar-refractivity contribution in [2.75, 3.05) is 17.1 Å². The van der Waals surface area contributed by atoms with E-state index in [0.29, 0.717) is 17.0 Å². The van der Waals surface area contributed by atoms with Crippen LogP contribution in [0, 0.1) is 0 Å². The molecule has 2 N–H and O–H groups in total. The summed E-state index contributed by atoms with van der Waals surface area (Å²) in [5.74, 6) is 0.360. The summed E-state index contributed by atoms with van der Waals surface area (Å²) >= 11 is 3.36. The van der Waals surface area contributed by atoms with E-state index in [9.17, 15) is 13.2 Å². The van der Waals surface area contributed by atoms with Crippen LogP contribution in [-0.4, -0.2) is 37.5 Å². The Kier molecular flexibility index (Phi) is 7.31. The number of sulfonamides is 1. The Labute approximate surface area is 194 Å². The van der Waals surface area contributed by atoms with Gasteiger partial charge in [0.2, 0.25) is 5.88 Å². The van der Waals surface area contributed by atoms with E-state index in [1.165, 1.54) is 43.8 Å². The first-order chi connectivity index (χ1) is 15.2. The van der Waals surface area contributed by atoms with Gasteiger partial charge in [-0.05, 0) is 56.3 Å². The molecule has 0 atom stereocenters. The highest BCUT2D eigenvalue weighted by Crippen LogP contribution is 2.26. The summed E-state index contributed by atoms with van der Waals surface area (Å²) in [5.41, 5.74) is 0.775. The third kappa shape index (κ3) is 5.95. The highest BCUT2D eigenvalue weighted by Gasteiger charge is 2.17.